The van der Waals surface area contributed by atoms with E-state index >= 15 is 0 Å². The Labute approximate surface area is 170 Å². The van der Waals surface area contributed by atoms with Crippen LogP contribution in [0.15, 0.2) is 12.3 Å². The van der Waals surface area contributed by atoms with Crippen molar-refractivity contribution < 1.29 is 33.4 Å². The van der Waals surface area contributed by atoms with Crippen LogP contribution >= 0.6 is 0 Å². The molecule has 0 saturated carbocycles. The maximum Gasteiger partial charge on any atom is 0.309 e. The molecule has 1 rings (SSSR count). The lowest BCUT2D eigenvalue weighted by molar-refractivity contribution is -0.157. The van der Waals surface area contributed by atoms with Crippen LogP contribution in [-0.2, 0) is 23.9 Å². The van der Waals surface area contributed by atoms with Gasteiger partial charge in [0.15, 0.2) is 11.4 Å². The van der Waals surface area contributed by atoms with Crippen molar-refractivity contribution in [2.24, 2.45) is 5.92 Å². The van der Waals surface area contributed by atoms with E-state index in [0.29, 0.717) is 5.56 Å². The molecule has 160 valence electrons. The number of aryl methyl sites for hydroxylation is 1. The summed E-state index contributed by atoms with van der Waals surface area (Å²) in [5.74, 6) is -2.26. The fourth-order valence-corrected chi connectivity index (χ4v) is 2.20. The molecule has 2 atom stereocenters. The van der Waals surface area contributed by atoms with Crippen LogP contribution < -0.4 is 10.1 Å². The third kappa shape index (κ3) is 8.28. The molecule has 0 saturated heterocycles. The van der Waals surface area contributed by atoms with Crippen molar-refractivity contribution in [1.82, 2.24) is 10.3 Å². The maximum atomic E-state index is 12.5. The first-order valence-corrected chi connectivity index (χ1v) is 9.32. The molecule has 0 aliphatic rings. The quantitative estimate of drug-likeness (QED) is 0.616. The summed E-state index contributed by atoms with van der Waals surface area (Å²) in [5, 5.41) is 2.64. The van der Waals surface area contributed by atoms with Crippen LogP contribution in [0.3, 0.4) is 0 Å². The highest BCUT2D eigenvalue weighted by Gasteiger charge is 2.21. The lowest BCUT2D eigenvalue weighted by atomic mass is 10.2. The van der Waals surface area contributed by atoms with Gasteiger partial charge in [-0.3, -0.25) is 19.2 Å². The van der Waals surface area contributed by atoms with Crippen molar-refractivity contribution in [2.45, 2.75) is 60.1 Å². The van der Waals surface area contributed by atoms with Gasteiger partial charge in [0, 0.05) is 13.1 Å². The summed E-state index contributed by atoms with van der Waals surface area (Å²) in [6.45, 7) is 9.50. The van der Waals surface area contributed by atoms with Crippen molar-refractivity contribution >= 4 is 23.8 Å². The molecule has 29 heavy (non-hydrogen) atoms. The number of aromatic nitrogens is 1. The van der Waals surface area contributed by atoms with E-state index in [-0.39, 0.29) is 36.4 Å². The molecule has 9 nitrogen and oxygen atoms in total. The molecule has 2 unspecified atom stereocenters. The number of carbonyl (C=O) groups excluding carboxylic acids is 4. The summed E-state index contributed by atoms with van der Waals surface area (Å²) in [6.07, 6.45) is 0.738. The van der Waals surface area contributed by atoms with E-state index < -0.39 is 30.0 Å². The van der Waals surface area contributed by atoms with Gasteiger partial charge in [-0.15, -0.1) is 0 Å². The van der Waals surface area contributed by atoms with E-state index in [4.69, 9.17) is 14.2 Å². The molecule has 0 aliphatic heterocycles. The normalized spacial score (nSPS) is 12.7. The highest BCUT2D eigenvalue weighted by molar-refractivity contribution is 5.96. The average molecular weight is 408 g/mol. The van der Waals surface area contributed by atoms with Crippen molar-refractivity contribution in [2.75, 3.05) is 6.61 Å². The molecular formula is C20H28N2O7. The summed E-state index contributed by atoms with van der Waals surface area (Å²) >= 11 is 0. The number of ether oxygens (including phenoxy) is 3. The molecule has 1 aromatic heterocycles. The third-order valence-corrected chi connectivity index (χ3v) is 3.68. The fraction of sp³-hybridized carbons (Fsp3) is 0.550. The lowest BCUT2D eigenvalue weighted by Crippen LogP contribution is -2.37. The lowest BCUT2D eigenvalue weighted by Gasteiger charge is -2.17. The average Bonchev–Trinajstić information content (AvgIpc) is 2.61. The minimum Gasteiger partial charge on any atom is -0.463 e. The standard InChI is InChI=1S/C20H28N2O7/c1-11(2)20(26)28-14(5)9-16(24)27-10-13(4)22-19(25)17-18(29-15(6)23)12(3)7-8-21-17/h7-8,11,13-14H,9-10H2,1-6H3,(H,22,25). The number of esters is 3. The van der Waals surface area contributed by atoms with Gasteiger partial charge >= 0.3 is 17.9 Å². The van der Waals surface area contributed by atoms with Crippen molar-refractivity contribution in [3.63, 3.8) is 0 Å². The van der Waals surface area contributed by atoms with Crippen LogP contribution in [0.2, 0.25) is 0 Å². The van der Waals surface area contributed by atoms with Crippen LogP contribution in [0.4, 0.5) is 0 Å². The molecule has 1 amide bonds. The number of hydrogen-bond acceptors (Lipinski definition) is 8. The second-order valence-electron chi connectivity index (χ2n) is 7.06. The molecule has 0 fully saturated rings. The highest BCUT2D eigenvalue weighted by atomic mass is 16.6. The molecular weight excluding hydrogens is 380 g/mol. The first-order valence-electron chi connectivity index (χ1n) is 9.32. The Morgan fingerprint density at radius 3 is 2.38 bits per heavy atom. The molecule has 0 bridgehead atoms. The van der Waals surface area contributed by atoms with Gasteiger partial charge in [0.1, 0.15) is 12.7 Å². The van der Waals surface area contributed by atoms with Gasteiger partial charge in [-0.25, -0.2) is 4.98 Å². The number of hydrogen-bond donors (Lipinski definition) is 1. The van der Waals surface area contributed by atoms with Gasteiger partial charge in [0.25, 0.3) is 5.91 Å². The predicted molar refractivity (Wildman–Crippen MR) is 103 cm³/mol. The van der Waals surface area contributed by atoms with Crippen LogP contribution in [0.1, 0.15) is 57.1 Å². The number of nitrogens with zero attached hydrogens (tertiary/aromatic N) is 1. The summed E-state index contributed by atoms with van der Waals surface area (Å²) < 4.78 is 15.3. The van der Waals surface area contributed by atoms with E-state index in [1.807, 2.05) is 0 Å². The highest BCUT2D eigenvalue weighted by Crippen LogP contribution is 2.21. The largest absolute Gasteiger partial charge is 0.463 e. The SMILES string of the molecule is CC(=O)Oc1c(C)ccnc1C(=O)NC(C)COC(=O)CC(C)OC(=O)C(C)C. The number of carbonyl (C=O) groups is 4. The monoisotopic (exact) mass is 408 g/mol. The van der Waals surface area contributed by atoms with E-state index in [1.165, 1.54) is 13.1 Å². The van der Waals surface area contributed by atoms with Crippen LogP contribution in [0.5, 0.6) is 5.75 Å². The summed E-state index contributed by atoms with van der Waals surface area (Å²) in [4.78, 5) is 51.1. The molecule has 1 N–H and O–H groups in total. The predicted octanol–water partition coefficient (Wildman–Crippen LogP) is 1.95. The van der Waals surface area contributed by atoms with Crippen molar-refractivity contribution in [3.05, 3.63) is 23.5 Å². The zero-order chi connectivity index (χ0) is 22.1. The molecule has 1 heterocycles. The third-order valence-electron chi connectivity index (χ3n) is 3.68. The molecule has 0 spiro atoms. The molecule has 1 aromatic rings. The van der Waals surface area contributed by atoms with Gasteiger partial charge in [-0.05, 0) is 32.4 Å². The zero-order valence-electron chi connectivity index (χ0n) is 17.6. The van der Waals surface area contributed by atoms with E-state index in [1.54, 1.807) is 40.7 Å². The first kappa shape index (κ1) is 24.1. The Morgan fingerprint density at radius 1 is 1.14 bits per heavy atom. The second kappa shape index (κ2) is 11.1. The van der Waals surface area contributed by atoms with E-state index in [9.17, 15) is 19.2 Å². The van der Waals surface area contributed by atoms with Crippen LogP contribution in [0.25, 0.3) is 0 Å². The summed E-state index contributed by atoms with van der Waals surface area (Å²) in [6, 6.07) is 1.10. The second-order valence-corrected chi connectivity index (χ2v) is 7.06. The Kier molecular flexibility index (Phi) is 9.24. The molecule has 9 heteroatoms. The Morgan fingerprint density at radius 2 is 1.79 bits per heavy atom. The number of rotatable bonds is 9. The smallest absolute Gasteiger partial charge is 0.309 e. The Balaban J connectivity index is 2.57. The number of nitrogens with one attached hydrogen (secondary N) is 1. The van der Waals surface area contributed by atoms with Gasteiger partial charge in [0.05, 0.1) is 18.4 Å². The number of amides is 1. The van der Waals surface area contributed by atoms with Gasteiger partial charge < -0.3 is 19.5 Å². The zero-order valence-corrected chi connectivity index (χ0v) is 17.6. The topological polar surface area (TPSA) is 121 Å². The van der Waals surface area contributed by atoms with Crippen molar-refractivity contribution in [3.8, 4) is 5.75 Å². The van der Waals surface area contributed by atoms with Crippen LogP contribution in [-0.4, -0.2) is 47.6 Å². The van der Waals surface area contributed by atoms with Crippen molar-refractivity contribution in [1.29, 1.82) is 0 Å². The Bertz CT molecular complexity index is 761. The fourth-order valence-electron chi connectivity index (χ4n) is 2.20. The summed E-state index contributed by atoms with van der Waals surface area (Å²) in [5.41, 5.74) is 0.553. The van der Waals surface area contributed by atoms with Gasteiger partial charge in [0.2, 0.25) is 0 Å². The Hall–Kier alpha value is -2.97. The maximum absolute atomic E-state index is 12.5. The summed E-state index contributed by atoms with van der Waals surface area (Å²) in [7, 11) is 0. The van der Waals surface area contributed by atoms with Gasteiger partial charge in [-0.2, -0.15) is 0 Å². The number of pyridine rings is 1. The van der Waals surface area contributed by atoms with Crippen LogP contribution in [0, 0.1) is 12.8 Å². The molecule has 0 aliphatic carbocycles. The minimum absolute atomic E-state index is 0.0346. The van der Waals surface area contributed by atoms with E-state index in [0.717, 1.165) is 0 Å². The molecule has 0 aromatic carbocycles. The van der Waals surface area contributed by atoms with Gasteiger partial charge in [-0.1, -0.05) is 13.8 Å². The molecule has 0 radical (unpaired) electrons. The first-order chi connectivity index (χ1) is 13.5. The van der Waals surface area contributed by atoms with E-state index in [2.05, 4.69) is 10.3 Å². The minimum atomic E-state index is -0.606.